The van der Waals surface area contributed by atoms with Crippen molar-refractivity contribution < 1.29 is 13.5 Å². The summed E-state index contributed by atoms with van der Waals surface area (Å²) in [6.07, 6.45) is 1.16. The van der Waals surface area contributed by atoms with Gasteiger partial charge < -0.3 is 10.0 Å². The van der Waals surface area contributed by atoms with Gasteiger partial charge in [0.1, 0.15) is 0 Å². The van der Waals surface area contributed by atoms with Gasteiger partial charge in [0.15, 0.2) is 9.84 Å². The van der Waals surface area contributed by atoms with Crippen LogP contribution >= 0.6 is 0 Å². The van der Waals surface area contributed by atoms with Crippen molar-refractivity contribution in [2.24, 2.45) is 0 Å². The Hall–Kier alpha value is -1.85. The van der Waals surface area contributed by atoms with Crippen LogP contribution in [0.25, 0.3) is 0 Å². The maximum absolute atomic E-state index is 12.3. The molecule has 24 heavy (non-hydrogen) atoms. The first-order valence-corrected chi connectivity index (χ1v) is 9.96. The molecule has 0 amide bonds. The molecule has 0 unspecified atom stereocenters. The van der Waals surface area contributed by atoms with Gasteiger partial charge in [0.05, 0.1) is 21.9 Å². The van der Waals surface area contributed by atoms with E-state index in [0.29, 0.717) is 30.8 Å². The zero-order valence-electron chi connectivity index (χ0n) is 13.9. The fourth-order valence-electron chi connectivity index (χ4n) is 3.29. The molecule has 0 atom stereocenters. The number of anilines is 1. The van der Waals surface area contributed by atoms with E-state index in [4.69, 9.17) is 0 Å². The molecular weight excluding hydrogens is 322 g/mol. The third-order valence-electron chi connectivity index (χ3n) is 4.82. The van der Waals surface area contributed by atoms with Crippen LogP contribution in [0.15, 0.2) is 59.5 Å². The molecule has 0 spiro atoms. The predicted octanol–water partition coefficient (Wildman–Crippen LogP) is 2.97. The Morgan fingerprint density at radius 2 is 1.58 bits per heavy atom. The molecule has 0 saturated carbocycles. The van der Waals surface area contributed by atoms with E-state index in [2.05, 4.69) is 4.90 Å². The monoisotopic (exact) mass is 345 g/mol. The summed E-state index contributed by atoms with van der Waals surface area (Å²) in [6.45, 7) is 2.92. The number of aliphatic hydroxyl groups is 1. The van der Waals surface area contributed by atoms with Crippen LogP contribution < -0.4 is 4.90 Å². The normalized spacial score (nSPS) is 17.7. The van der Waals surface area contributed by atoms with Crippen molar-refractivity contribution in [3.63, 3.8) is 0 Å². The molecule has 4 nitrogen and oxygen atoms in total. The highest BCUT2D eigenvalue weighted by molar-refractivity contribution is 7.91. The van der Waals surface area contributed by atoms with Crippen LogP contribution in [-0.2, 0) is 15.4 Å². The third-order valence-corrected chi connectivity index (χ3v) is 6.60. The average Bonchev–Trinajstić information content (AvgIpc) is 2.63. The highest BCUT2D eigenvalue weighted by Gasteiger charge is 2.35. The fraction of sp³-hybridized carbons (Fsp3) is 0.368. The second kappa shape index (κ2) is 6.57. The minimum Gasteiger partial charge on any atom is -0.385 e. The van der Waals surface area contributed by atoms with Gasteiger partial charge in [-0.3, -0.25) is 0 Å². The largest absolute Gasteiger partial charge is 0.385 e. The van der Waals surface area contributed by atoms with Crippen molar-refractivity contribution in [2.75, 3.05) is 23.7 Å². The zero-order chi connectivity index (χ0) is 17.2. The van der Waals surface area contributed by atoms with Crippen LogP contribution in [0.5, 0.6) is 0 Å². The Bertz CT molecular complexity index is 794. The summed E-state index contributed by atoms with van der Waals surface area (Å²) >= 11 is 0. The summed E-state index contributed by atoms with van der Waals surface area (Å²) in [5.74, 6) is 0.0891. The zero-order valence-corrected chi connectivity index (χ0v) is 14.7. The Morgan fingerprint density at radius 3 is 2.21 bits per heavy atom. The molecule has 3 rings (SSSR count). The second-order valence-electron chi connectivity index (χ2n) is 6.26. The second-order valence-corrected chi connectivity index (χ2v) is 8.50. The van der Waals surface area contributed by atoms with E-state index in [-0.39, 0.29) is 5.75 Å². The van der Waals surface area contributed by atoms with E-state index in [1.807, 2.05) is 42.5 Å². The van der Waals surface area contributed by atoms with Gasteiger partial charge in [-0.15, -0.1) is 0 Å². The summed E-state index contributed by atoms with van der Waals surface area (Å²) in [5, 5.41) is 10.9. The third kappa shape index (κ3) is 3.19. The van der Waals surface area contributed by atoms with Gasteiger partial charge in [0.25, 0.3) is 0 Å². The highest BCUT2D eigenvalue weighted by Crippen LogP contribution is 2.36. The van der Waals surface area contributed by atoms with Crippen molar-refractivity contribution in [1.82, 2.24) is 0 Å². The number of hydrogen-bond acceptors (Lipinski definition) is 4. The minimum absolute atomic E-state index is 0.0891. The summed E-state index contributed by atoms with van der Waals surface area (Å²) in [6, 6.07) is 16.9. The van der Waals surface area contributed by atoms with Gasteiger partial charge in [0, 0.05) is 13.1 Å². The molecule has 5 heteroatoms. The molecular formula is C19H23NO3S. The van der Waals surface area contributed by atoms with Gasteiger partial charge in [0.2, 0.25) is 0 Å². The smallest absolute Gasteiger partial charge is 0.180 e. The van der Waals surface area contributed by atoms with Crippen LogP contribution in [0.3, 0.4) is 0 Å². The molecule has 1 aliphatic rings. The van der Waals surface area contributed by atoms with E-state index in [9.17, 15) is 13.5 Å². The Kier molecular flexibility index (Phi) is 4.65. The molecule has 0 aliphatic carbocycles. The molecule has 1 saturated heterocycles. The lowest BCUT2D eigenvalue weighted by atomic mass is 9.84. The summed E-state index contributed by atoms with van der Waals surface area (Å²) < 4.78 is 24.7. The molecule has 0 radical (unpaired) electrons. The number of hydrogen-bond donors (Lipinski definition) is 1. The van der Waals surface area contributed by atoms with Crippen LogP contribution in [0.4, 0.5) is 5.69 Å². The van der Waals surface area contributed by atoms with E-state index >= 15 is 0 Å². The van der Waals surface area contributed by atoms with Gasteiger partial charge in [-0.2, -0.15) is 0 Å². The van der Waals surface area contributed by atoms with Gasteiger partial charge >= 0.3 is 0 Å². The summed E-state index contributed by atoms with van der Waals surface area (Å²) in [5.41, 5.74) is 0.838. The molecule has 0 bridgehead atoms. The van der Waals surface area contributed by atoms with Crippen molar-refractivity contribution in [2.45, 2.75) is 30.3 Å². The molecule has 0 aromatic heterocycles. The molecule has 2 aromatic rings. The van der Waals surface area contributed by atoms with E-state index in [0.717, 1.165) is 11.3 Å². The lowest BCUT2D eigenvalue weighted by molar-refractivity contribution is 0.0117. The molecule has 1 N–H and O–H groups in total. The van der Waals surface area contributed by atoms with E-state index < -0.39 is 15.4 Å². The van der Waals surface area contributed by atoms with Crippen molar-refractivity contribution in [3.8, 4) is 0 Å². The van der Waals surface area contributed by atoms with Crippen LogP contribution in [0, 0.1) is 0 Å². The first kappa shape index (κ1) is 17.0. The topological polar surface area (TPSA) is 57.6 Å². The number of rotatable bonds is 4. The number of benzene rings is 2. The van der Waals surface area contributed by atoms with Gasteiger partial charge in [-0.05, 0) is 30.5 Å². The average molecular weight is 345 g/mol. The maximum atomic E-state index is 12.3. The number of piperidine rings is 1. The highest BCUT2D eigenvalue weighted by atomic mass is 32.2. The molecule has 1 aliphatic heterocycles. The first-order chi connectivity index (χ1) is 11.5. The van der Waals surface area contributed by atoms with E-state index in [1.165, 1.54) is 0 Å². The van der Waals surface area contributed by atoms with Gasteiger partial charge in [-0.1, -0.05) is 49.4 Å². The Balaban J connectivity index is 1.84. The number of sulfone groups is 1. The van der Waals surface area contributed by atoms with Crippen molar-refractivity contribution in [3.05, 3.63) is 60.2 Å². The standard InChI is InChI=1S/C19H23NO3S/c1-2-24(22,23)18-11-7-6-10-17(18)20-14-12-19(21,13-15-20)16-8-4-3-5-9-16/h3-11,21H,2,12-15H2,1H3. The lowest BCUT2D eigenvalue weighted by Crippen LogP contribution is -2.43. The molecule has 2 aromatic carbocycles. The molecule has 128 valence electrons. The van der Waals surface area contributed by atoms with Crippen molar-refractivity contribution >= 4 is 15.5 Å². The van der Waals surface area contributed by atoms with Crippen LogP contribution in [0.1, 0.15) is 25.3 Å². The summed E-state index contributed by atoms with van der Waals surface area (Å²) in [7, 11) is -3.26. The molecule has 1 heterocycles. The minimum atomic E-state index is -3.26. The SMILES string of the molecule is CCS(=O)(=O)c1ccccc1N1CCC(O)(c2ccccc2)CC1. The Morgan fingerprint density at radius 1 is 1.00 bits per heavy atom. The quantitative estimate of drug-likeness (QED) is 0.925. The predicted molar refractivity (Wildman–Crippen MR) is 96.0 cm³/mol. The number of nitrogens with zero attached hydrogens (tertiary/aromatic N) is 1. The number of para-hydroxylation sites is 1. The fourth-order valence-corrected chi connectivity index (χ4v) is 4.40. The Labute approximate surface area is 143 Å². The maximum Gasteiger partial charge on any atom is 0.180 e. The summed E-state index contributed by atoms with van der Waals surface area (Å²) in [4.78, 5) is 2.46. The first-order valence-electron chi connectivity index (χ1n) is 8.31. The molecule has 1 fully saturated rings. The van der Waals surface area contributed by atoms with Crippen LogP contribution in [0.2, 0.25) is 0 Å². The lowest BCUT2D eigenvalue weighted by Gasteiger charge is -2.40. The van der Waals surface area contributed by atoms with E-state index in [1.54, 1.807) is 19.1 Å². The van der Waals surface area contributed by atoms with Crippen LogP contribution in [-0.4, -0.2) is 32.4 Å². The van der Waals surface area contributed by atoms with Crippen molar-refractivity contribution in [1.29, 1.82) is 0 Å². The van der Waals surface area contributed by atoms with Gasteiger partial charge in [-0.25, -0.2) is 8.42 Å².